The van der Waals surface area contributed by atoms with Crippen LogP contribution in [0.15, 0.2) is 41.5 Å². The van der Waals surface area contributed by atoms with Crippen molar-refractivity contribution in [1.82, 2.24) is 0 Å². The first-order chi connectivity index (χ1) is 11.5. The molecule has 0 radical (unpaired) electrons. The molecule has 6 heteroatoms. The largest absolute Gasteiger partial charge is 0.495 e. The maximum atomic E-state index is 6.08. The topological polar surface area (TPSA) is 52.1 Å². The van der Waals surface area contributed by atoms with Crippen molar-refractivity contribution in [2.24, 2.45) is 5.10 Å². The summed E-state index contributed by atoms with van der Waals surface area (Å²) in [5.74, 6) is 2.00. The molecule has 0 heterocycles. The van der Waals surface area contributed by atoms with E-state index in [-0.39, 0.29) is 6.10 Å². The van der Waals surface area contributed by atoms with E-state index < -0.39 is 0 Å². The van der Waals surface area contributed by atoms with Gasteiger partial charge in [0, 0.05) is 0 Å². The second kappa shape index (κ2) is 8.45. The molecule has 1 N–H and O–H groups in total. The monoisotopic (exact) mass is 348 g/mol. The Balaban J connectivity index is 2.07. The minimum atomic E-state index is 0.0832. The lowest BCUT2D eigenvalue weighted by Gasteiger charge is -2.13. The van der Waals surface area contributed by atoms with E-state index in [1.165, 1.54) is 0 Å². The standard InChI is InChI=1S/C18H21ClN2O3/c1-12(2)24-17-7-5-13(9-18(17)23-4)11-20-21-14-6-8-16(22-3)15(19)10-14/h5-12,21H,1-4H3/b20-11+. The molecule has 0 aromatic heterocycles. The van der Waals surface area contributed by atoms with Gasteiger partial charge in [-0.3, -0.25) is 5.43 Å². The average Bonchev–Trinajstić information content (AvgIpc) is 2.56. The van der Waals surface area contributed by atoms with Gasteiger partial charge in [0.15, 0.2) is 11.5 Å². The van der Waals surface area contributed by atoms with E-state index >= 15 is 0 Å². The molecule has 0 aliphatic rings. The molecule has 5 nitrogen and oxygen atoms in total. The van der Waals surface area contributed by atoms with E-state index in [9.17, 15) is 0 Å². The Bertz CT molecular complexity index is 717. The molecule has 0 fully saturated rings. The third kappa shape index (κ3) is 4.80. The van der Waals surface area contributed by atoms with E-state index in [2.05, 4.69) is 10.5 Å². The molecule has 0 unspecified atom stereocenters. The van der Waals surface area contributed by atoms with Crippen molar-refractivity contribution in [3.05, 3.63) is 47.0 Å². The van der Waals surface area contributed by atoms with Crippen LogP contribution in [0, 0.1) is 0 Å². The van der Waals surface area contributed by atoms with Crippen molar-refractivity contribution in [3.8, 4) is 17.2 Å². The molecular formula is C18H21ClN2O3. The summed E-state index contributed by atoms with van der Waals surface area (Å²) < 4.78 is 16.2. The lowest BCUT2D eigenvalue weighted by atomic mass is 10.2. The summed E-state index contributed by atoms with van der Waals surface area (Å²) in [6.07, 6.45) is 1.78. The molecule has 0 amide bonds. The average molecular weight is 349 g/mol. The summed E-state index contributed by atoms with van der Waals surface area (Å²) >= 11 is 6.08. The van der Waals surface area contributed by atoms with Crippen LogP contribution in [0.3, 0.4) is 0 Å². The summed E-state index contributed by atoms with van der Waals surface area (Å²) in [6.45, 7) is 3.94. The summed E-state index contributed by atoms with van der Waals surface area (Å²) in [7, 11) is 3.19. The number of nitrogens with zero attached hydrogens (tertiary/aromatic N) is 1. The first kappa shape index (κ1) is 17.9. The fourth-order valence-corrected chi connectivity index (χ4v) is 2.29. The molecular weight excluding hydrogens is 328 g/mol. The summed E-state index contributed by atoms with van der Waals surface area (Å²) in [6, 6.07) is 11.0. The number of halogens is 1. The zero-order chi connectivity index (χ0) is 17.5. The number of anilines is 1. The third-order valence-electron chi connectivity index (χ3n) is 3.11. The number of ether oxygens (including phenoxy) is 3. The molecule has 0 saturated carbocycles. The number of methoxy groups -OCH3 is 2. The van der Waals surface area contributed by atoms with Crippen LogP contribution in [0.1, 0.15) is 19.4 Å². The maximum Gasteiger partial charge on any atom is 0.161 e. The lowest BCUT2D eigenvalue weighted by molar-refractivity contribution is 0.230. The van der Waals surface area contributed by atoms with Crippen LogP contribution in [0.25, 0.3) is 0 Å². The fourth-order valence-electron chi connectivity index (χ4n) is 2.03. The molecule has 0 aliphatic heterocycles. The molecule has 0 saturated heterocycles. The van der Waals surface area contributed by atoms with Gasteiger partial charge in [-0.15, -0.1) is 0 Å². The Labute approximate surface area is 147 Å². The third-order valence-corrected chi connectivity index (χ3v) is 3.40. The van der Waals surface area contributed by atoms with Crippen LogP contribution >= 0.6 is 11.6 Å². The van der Waals surface area contributed by atoms with Gasteiger partial charge in [0.1, 0.15) is 5.75 Å². The van der Waals surface area contributed by atoms with E-state index in [1.54, 1.807) is 32.6 Å². The van der Waals surface area contributed by atoms with Crippen molar-refractivity contribution in [3.63, 3.8) is 0 Å². The van der Waals surface area contributed by atoms with Crippen LogP contribution in [-0.2, 0) is 0 Å². The molecule has 24 heavy (non-hydrogen) atoms. The number of nitrogens with one attached hydrogen (secondary N) is 1. The predicted molar refractivity (Wildman–Crippen MR) is 98.0 cm³/mol. The van der Waals surface area contributed by atoms with Gasteiger partial charge in [-0.2, -0.15) is 5.10 Å². The molecule has 128 valence electrons. The number of hydrogen-bond donors (Lipinski definition) is 1. The van der Waals surface area contributed by atoms with Crippen LogP contribution in [-0.4, -0.2) is 26.5 Å². The Morgan fingerprint density at radius 3 is 2.33 bits per heavy atom. The first-order valence-corrected chi connectivity index (χ1v) is 7.88. The SMILES string of the molecule is COc1ccc(N/N=C/c2ccc(OC(C)C)c(OC)c2)cc1Cl. The highest BCUT2D eigenvalue weighted by molar-refractivity contribution is 6.32. The van der Waals surface area contributed by atoms with E-state index in [4.69, 9.17) is 25.8 Å². The number of rotatable bonds is 7. The van der Waals surface area contributed by atoms with E-state index in [1.807, 2.05) is 38.1 Å². The molecule has 0 aliphatic carbocycles. The Hall–Kier alpha value is -2.40. The highest BCUT2D eigenvalue weighted by atomic mass is 35.5. The minimum Gasteiger partial charge on any atom is -0.495 e. The van der Waals surface area contributed by atoms with Crippen molar-refractivity contribution in [1.29, 1.82) is 0 Å². The molecule has 2 aromatic carbocycles. The maximum absolute atomic E-state index is 6.08. The summed E-state index contributed by atoms with van der Waals surface area (Å²) in [4.78, 5) is 0. The van der Waals surface area contributed by atoms with Gasteiger partial charge in [-0.25, -0.2) is 0 Å². The quantitative estimate of drug-likeness (QED) is 0.587. The Morgan fingerprint density at radius 2 is 1.71 bits per heavy atom. The van der Waals surface area contributed by atoms with Gasteiger partial charge in [-0.1, -0.05) is 11.6 Å². The van der Waals surface area contributed by atoms with Crippen LogP contribution in [0.2, 0.25) is 5.02 Å². The van der Waals surface area contributed by atoms with Crippen molar-refractivity contribution >= 4 is 23.5 Å². The Morgan fingerprint density at radius 1 is 1.00 bits per heavy atom. The second-order valence-corrected chi connectivity index (χ2v) is 5.70. The van der Waals surface area contributed by atoms with E-state index in [0.717, 1.165) is 11.3 Å². The Kier molecular flexibility index (Phi) is 6.32. The number of hydrazone groups is 1. The van der Waals surface area contributed by atoms with Crippen molar-refractivity contribution < 1.29 is 14.2 Å². The molecule has 0 atom stereocenters. The summed E-state index contributed by atoms with van der Waals surface area (Å²) in [5.41, 5.74) is 4.58. The normalized spacial score (nSPS) is 10.9. The van der Waals surface area contributed by atoms with Gasteiger partial charge in [0.2, 0.25) is 0 Å². The first-order valence-electron chi connectivity index (χ1n) is 7.50. The zero-order valence-corrected chi connectivity index (χ0v) is 14.9. The zero-order valence-electron chi connectivity index (χ0n) is 14.2. The molecule has 0 spiro atoms. The van der Waals surface area contributed by atoms with Gasteiger partial charge >= 0.3 is 0 Å². The second-order valence-electron chi connectivity index (χ2n) is 5.30. The predicted octanol–water partition coefficient (Wildman–Crippen LogP) is 4.59. The minimum absolute atomic E-state index is 0.0832. The highest BCUT2D eigenvalue weighted by Crippen LogP contribution is 2.29. The van der Waals surface area contributed by atoms with Crippen LogP contribution < -0.4 is 19.6 Å². The number of hydrogen-bond acceptors (Lipinski definition) is 5. The lowest BCUT2D eigenvalue weighted by Crippen LogP contribution is -2.06. The molecule has 0 bridgehead atoms. The van der Waals surface area contributed by atoms with Gasteiger partial charge in [0.05, 0.1) is 37.2 Å². The van der Waals surface area contributed by atoms with Gasteiger partial charge in [-0.05, 0) is 55.8 Å². The van der Waals surface area contributed by atoms with Crippen molar-refractivity contribution in [2.45, 2.75) is 20.0 Å². The number of benzene rings is 2. The smallest absolute Gasteiger partial charge is 0.161 e. The van der Waals surface area contributed by atoms with Crippen LogP contribution in [0.5, 0.6) is 17.2 Å². The molecule has 2 aromatic rings. The molecule has 2 rings (SSSR count). The van der Waals surface area contributed by atoms with Gasteiger partial charge < -0.3 is 14.2 Å². The van der Waals surface area contributed by atoms with E-state index in [0.29, 0.717) is 22.3 Å². The van der Waals surface area contributed by atoms with Crippen molar-refractivity contribution in [2.75, 3.05) is 19.6 Å². The summed E-state index contributed by atoms with van der Waals surface area (Å²) in [5, 5.41) is 4.73. The fraction of sp³-hybridized carbons (Fsp3) is 0.278. The highest BCUT2D eigenvalue weighted by Gasteiger charge is 2.06. The van der Waals surface area contributed by atoms with Crippen LogP contribution in [0.4, 0.5) is 5.69 Å². The van der Waals surface area contributed by atoms with Gasteiger partial charge in [0.25, 0.3) is 0 Å².